The van der Waals surface area contributed by atoms with Gasteiger partial charge in [0.25, 0.3) is 0 Å². The number of rotatable bonds is 2. The highest BCUT2D eigenvalue weighted by atomic mass is 16.5. The van der Waals surface area contributed by atoms with E-state index in [2.05, 4.69) is 20.3 Å². The van der Waals surface area contributed by atoms with E-state index in [1.165, 1.54) is 0 Å². The first-order valence-corrected chi connectivity index (χ1v) is 7.24. The van der Waals surface area contributed by atoms with Gasteiger partial charge in [-0.1, -0.05) is 0 Å². The first kappa shape index (κ1) is 14.3. The third-order valence-electron chi connectivity index (χ3n) is 4.12. The maximum atomic E-state index is 9.95. The molecule has 0 saturated carbocycles. The number of hydrogen-bond donors (Lipinski definition) is 5. The van der Waals surface area contributed by atoms with Crippen molar-refractivity contribution in [1.82, 2.24) is 14.5 Å². The Morgan fingerprint density at radius 2 is 2.30 bits per heavy atom. The predicted molar refractivity (Wildman–Crippen MR) is 82.8 cm³/mol. The minimum absolute atomic E-state index is 0.246. The van der Waals surface area contributed by atoms with Crippen molar-refractivity contribution in [2.75, 3.05) is 17.7 Å². The molecule has 4 rings (SSSR count). The van der Waals surface area contributed by atoms with Crippen molar-refractivity contribution < 1.29 is 14.9 Å². The van der Waals surface area contributed by atoms with Crippen LogP contribution >= 0.6 is 0 Å². The van der Waals surface area contributed by atoms with Crippen molar-refractivity contribution in [1.29, 1.82) is 0 Å². The van der Waals surface area contributed by atoms with E-state index >= 15 is 0 Å². The molecule has 10 nitrogen and oxygen atoms in total. The minimum Gasteiger partial charge on any atom is -0.394 e. The second-order valence-corrected chi connectivity index (χ2v) is 5.59. The van der Waals surface area contributed by atoms with Crippen molar-refractivity contribution >= 4 is 28.9 Å². The number of pyridine rings is 1. The number of nitrogens with two attached hydrogens (primary N) is 2. The number of aromatic nitrogens is 3. The normalized spacial score (nSPS) is 29.7. The summed E-state index contributed by atoms with van der Waals surface area (Å²) >= 11 is 0. The Morgan fingerprint density at radius 3 is 3.04 bits per heavy atom. The maximum Gasteiger partial charge on any atom is 0.172 e. The van der Waals surface area contributed by atoms with E-state index in [0.29, 0.717) is 28.8 Å². The summed E-state index contributed by atoms with van der Waals surface area (Å²) in [6, 6.07) is 0. The fourth-order valence-electron chi connectivity index (χ4n) is 2.99. The smallest absolute Gasteiger partial charge is 0.172 e. The highest BCUT2D eigenvalue weighted by Crippen LogP contribution is 2.35. The number of hydrogen-bond acceptors (Lipinski definition) is 9. The third kappa shape index (κ3) is 2.15. The zero-order valence-electron chi connectivity index (χ0n) is 12.1. The van der Waals surface area contributed by atoms with Crippen molar-refractivity contribution in [3.8, 4) is 0 Å². The molecule has 1 saturated heterocycles. The second kappa shape index (κ2) is 5.13. The van der Waals surface area contributed by atoms with Crippen LogP contribution in [0.2, 0.25) is 0 Å². The first-order chi connectivity index (χ1) is 11.1. The molecule has 2 aromatic rings. The number of anilines is 2. The molecule has 122 valence electrons. The van der Waals surface area contributed by atoms with Crippen LogP contribution in [0, 0.1) is 0 Å². The number of aliphatic hydroxyl groups excluding tert-OH is 2. The summed E-state index contributed by atoms with van der Waals surface area (Å²) in [5.41, 5.74) is 13.6. The summed E-state index contributed by atoms with van der Waals surface area (Å²) in [5, 5.41) is 22.1. The van der Waals surface area contributed by atoms with Crippen LogP contribution in [0.1, 0.15) is 18.2 Å². The molecule has 0 amide bonds. The lowest BCUT2D eigenvalue weighted by Crippen LogP contribution is -2.31. The van der Waals surface area contributed by atoms with Gasteiger partial charge in [-0.2, -0.15) is 0 Å². The van der Waals surface area contributed by atoms with E-state index in [9.17, 15) is 10.2 Å². The zero-order chi connectivity index (χ0) is 16.1. The molecule has 0 aliphatic carbocycles. The van der Waals surface area contributed by atoms with Crippen LogP contribution in [0.15, 0.2) is 11.3 Å². The van der Waals surface area contributed by atoms with Crippen molar-refractivity contribution in [2.45, 2.75) is 31.1 Å². The molecular weight excluding hydrogens is 302 g/mol. The van der Waals surface area contributed by atoms with E-state index in [4.69, 9.17) is 16.2 Å². The molecule has 4 atom stereocenters. The molecule has 10 heteroatoms. The highest BCUT2D eigenvalue weighted by molar-refractivity contribution is 6.05. The molecule has 2 aliphatic rings. The molecule has 0 spiro atoms. The van der Waals surface area contributed by atoms with Gasteiger partial charge in [-0.15, -0.1) is 0 Å². The summed E-state index contributed by atoms with van der Waals surface area (Å²) < 4.78 is 7.47. The van der Waals surface area contributed by atoms with E-state index in [-0.39, 0.29) is 12.4 Å². The van der Waals surface area contributed by atoms with Crippen LogP contribution in [0.4, 0.5) is 11.6 Å². The molecule has 2 aliphatic heterocycles. The van der Waals surface area contributed by atoms with Crippen LogP contribution in [-0.4, -0.2) is 56.1 Å². The van der Waals surface area contributed by atoms with Crippen LogP contribution < -0.4 is 16.8 Å². The molecule has 0 bridgehead atoms. The lowest BCUT2D eigenvalue weighted by atomic mass is 10.1. The Kier molecular flexibility index (Phi) is 3.20. The van der Waals surface area contributed by atoms with E-state index in [0.717, 1.165) is 0 Å². The van der Waals surface area contributed by atoms with Gasteiger partial charge in [0, 0.05) is 12.6 Å². The Morgan fingerprint density at radius 1 is 1.48 bits per heavy atom. The largest absolute Gasteiger partial charge is 0.394 e. The zero-order valence-corrected chi connectivity index (χ0v) is 12.1. The number of imidazole rings is 1. The predicted octanol–water partition coefficient (Wildman–Crippen LogP) is -1.26. The number of nitrogen functional groups attached to an aromatic ring is 1. The Hall–Kier alpha value is -2.27. The van der Waals surface area contributed by atoms with Gasteiger partial charge >= 0.3 is 0 Å². The number of nitrogens with zero attached hydrogens (tertiary/aromatic N) is 4. The standard InChI is InChI=1S/C13H17N7O3/c14-11-9-10(5-2-16-13(15)19-12(5)18-11)20(4-17-9)8-1-6(22)7(3-21)23-8/h2,4,6-8,13,21-22H,1,3,15H2,(H3,14,18,19)/t6-,7-,8-,13?/m1/s1. The minimum atomic E-state index is -0.738. The van der Waals surface area contributed by atoms with Crippen LogP contribution in [-0.2, 0) is 4.74 Å². The fraction of sp³-hybridized carbons (Fsp3) is 0.462. The number of ether oxygens (including phenoxy) is 1. The number of nitrogens with one attached hydrogen (secondary N) is 1. The molecular formula is C13H17N7O3. The van der Waals surface area contributed by atoms with Gasteiger partial charge in [0.05, 0.1) is 30.1 Å². The first-order valence-electron chi connectivity index (χ1n) is 7.24. The monoisotopic (exact) mass is 319 g/mol. The average Bonchev–Trinajstić information content (AvgIpc) is 3.11. The van der Waals surface area contributed by atoms with Gasteiger partial charge in [0.2, 0.25) is 0 Å². The molecule has 0 radical (unpaired) electrons. The SMILES string of the molecule is Nc1nc2c(c3c1ncn3[C@H]1C[C@@H](O)[C@@H](CO)O1)C=NC(N)N2. The van der Waals surface area contributed by atoms with Gasteiger partial charge in [-0.25, -0.2) is 9.97 Å². The van der Waals surface area contributed by atoms with Crippen molar-refractivity contribution in [3.05, 3.63) is 11.9 Å². The van der Waals surface area contributed by atoms with Gasteiger partial charge < -0.3 is 30.6 Å². The van der Waals surface area contributed by atoms with E-state index in [1.54, 1.807) is 17.1 Å². The molecule has 2 aromatic heterocycles. The van der Waals surface area contributed by atoms with Gasteiger partial charge in [0.15, 0.2) is 12.1 Å². The van der Waals surface area contributed by atoms with E-state index < -0.39 is 24.7 Å². The summed E-state index contributed by atoms with van der Waals surface area (Å²) in [4.78, 5) is 12.7. The fourth-order valence-corrected chi connectivity index (χ4v) is 2.99. The highest BCUT2D eigenvalue weighted by Gasteiger charge is 2.36. The number of fused-ring (bicyclic) bond motifs is 3. The summed E-state index contributed by atoms with van der Waals surface area (Å²) in [6.45, 7) is -0.246. The number of aliphatic hydroxyl groups is 2. The number of aliphatic imine (C=N–C) groups is 1. The molecule has 1 fully saturated rings. The third-order valence-corrected chi connectivity index (χ3v) is 4.12. The lowest BCUT2D eigenvalue weighted by molar-refractivity contribution is -0.0430. The Balaban J connectivity index is 1.85. The van der Waals surface area contributed by atoms with Crippen molar-refractivity contribution in [2.24, 2.45) is 10.7 Å². The Bertz CT molecular complexity index is 789. The molecule has 4 heterocycles. The van der Waals surface area contributed by atoms with Gasteiger partial charge in [-0.05, 0) is 0 Å². The topological polar surface area (TPSA) is 157 Å². The van der Waals surface area contributed by atoms with E-state index in [1.807, 2.05) is 0 Å². The molecule has 7 N–H and O–H groups in total. The average molecular weight is 319 g/mol. The molecule has 23 heavy (non-hydrogen) atoms. The van der Waals surface area contributed by atoms with Gasteiger partial charge in [0.1, 0.15) is 23.7 Å². The summed E-state index contributed by atoms with van der Waals surface area (Å²) in [5.74, 6) is 0.793. The summed E-state index contributed by atoms with van der Waals surface area (Å²) in [6.07, 6.45) is 1.16. The van der Waals surface area contributed by atoms with Crippen LogP contribution in [0.3, 0.4) is 0 Å². The van der Waals surface area contributed by atoms with Crippen LogP contribution in [0.25, 0.3) is 11.0 Å². The molecule has 0 aromatic carbocycles. The van der Waals surface area contributed by atoms with Crippen molar-refractivity contribution in [3.63, 3.8) is 0 Å². The second-order valence-electron chi connectivity index (χ2n) is 5.59. The summed E-state index contributed by atoms with van der Waals surface area (Å²) in [7, 11) is 0. The molecule has 1 unspecified atom stereocenters. The Labute approximate surface area is 130 Å². The van der Waals surface area contributed by atoms with Crippen LogP contribution in [0.5, 0.6) is 0 Å². The van der Waals surface area contributed by atoms with Gasteiger partial charge in [-0.3, -0.25) is 10.7 Å². The maximum absolute atomic E-state index is 9.95. The quantitative estimate of drug-likeness (QED) is 0.459. The lowest BCUT2D eigenvalue weighted by Gasteiger charge is -2.20.